The Morgan fingerprint density at radius 2 is 2.06 bits per heavy atom. The average Bonchev–Trinajstić information content (AvgIpc) is 2.35. The number of methoxy groups -OCH3 is 1. The van der Waals surface area contributed by atoms with Crippen molar-refractivity contribution >= 4 is 11.7 Å². The van der Waals surface area contributed by atoms with E-state index in [0.29, 0.717) is 11.4 Å². The molecule has 1 aromatic carbocycles. The molecular formula is C13H19NO3. The van der Waals surface area contributed by atoms with E-state index >= 15 is 0 Å². The monoisotopic (exact) mass is 237 g/mol. The summed E-state index contributed by atoms with van der Waals surface area (Å²) in [6.07, 6.45) is 1.90. The number of ether oxygens (including phenoxy) is 1. The number of carboxylic acid groups (broad SMARTS) is 1. The fraction of sp³-hybridized carbons (Fsp3) is 0.462. The minimum absolute atomic E-state index is 0.276. The lowest BCUT2D eigenvalue weighted by Crippen LogP contribution is -2.19. The van der Waals surface area contributed by atoms with E-state index in [1.165, 1.54) is 0 Å². The summed E-state index contributed by atoms with van der Waals surface area (Å²) >= 11 is 0. The molecule has 1 aromatic rings. The van der Waals surface area contributed by atoms with E-state index < -0.39 is 5.97 Å². The lowest BCUT2D eigenvalue weighted by atomic mass is 10.1. The van der Waals surface area contributed by atoms with Gasteiger partial charge in [0.05, 0.1) is 18.4 Å². The third-order valence-electron chi connectivity index (χ3n) is 2.80. The first-order chi connectivity index (χ1) is 8.12. The number of hydrogen-bond donors (Lipinski definition) is 2. The number of rotatable bonds is 6. The molecule has 0 unspecified atom stereocenters. The molecule has 0 spiro atoms. The molecule has 0 aromatic heterocycles. The topological polar surface area (TPSA) is 58.6 Å². The van der Waals surface area contributed by atoms with Crippen LogP contribution < -0.4 is 10.1 Å². The van der Waals surface area contributed by atoms with Crippen molar-refractivity contribution in [2.45, 2.75) is 32.7 Å². The molecule has 0 fully saturated rings. The van der Waals surface area contributed by atoms with Gasteiger partial charge in [-0.15, -0.1) is 0 Å². The van der Waals surface area contributed by atoms with Crippen LogP contribution in [-0.2, 0) is 0 Å². The van der Waals surface area contributed by atoms with Crippen LogP contribution in [0.4, 0.5) is 5.69 Å². The van der Waals surface area contributed by atoms with Crippen molar-refractivity contribution in [2.75, 3.05) is 12.4 Å². The molecule has 1 rings (SSSR count). The highest BCUT2D eigenvalue weighted by atomic mass is 16.5. The van der Waals surface area contributed by atoms with Crippen molar-refractivity contribution < 1.29 is 14.6 Å². The van der Waals surface area contributed by atoms with Gasteiger partial charge in [0.1, 0.15) is 5.75 Å². The summed E-state index contributed by atoms with van der Waals surface area (Å²) < 4.78 is 5.11. The fourth-order valence-corrected chi connectivity index (χ4v) is 1.67. The number of carbonyl (C=O) groups is 1. The molecule has 0 aliphatic heterocycles. The van der Waals surface area contributed by atoms with E-state index in [9.17, 15) is 4.79 Å². The zero-order chi connectivity index (χ0) is 12.8. The number of aromatic carboxylic acids is 1. The molecule has 17 heavy (non-hydrogen) atoms. The molecule has 0 heterocycles. The molecule has 4 heteroatoms. The van der Waals surface area contributed by atoms with Gasteiger partial charge in [0.15, 0.2) is 0 Å². The Morgan fingerprint density at radius 1 is 1.41 bits per heavy atom. The fourth-order valence-electron chi connectivity index (χ4n) is 1.67. The lowest BCUT2D eigenvalue weighted by Gasteiger charge is -2.18. The minimum atomic E-state index is -0.930. The van der Waals surface area contributed by atoms with Gasteiger partial charge in [-0.1, -0.05) is 13.8 Å². The Morgan fingerprint density at radius 3 is 2.53 bits per heavy atom. The largest absolute Gasteiger partial charge is 0.497 e. The number of carboxylic acids is 1. The third kappa shape index (κ3) is 3.37. The maximum Gasteiger partial charge on any atom is 0.337 e. The van der Waals surface area contributed by atoms with Crippen LogP contribution in [0, 0.1) is 0 Å². The zero-order valence-corrected chi connectivity index (χ0v) is 10.5. The van der Waals surface area contributed by atoms with Gasteiger partial charge in [-0.3, -0.25) is 0 Å². The van der Waals surface area contributed by atoms with Gasteiger partial charge in [0.2, 0.25) is 0 Å². The maximum atomic E-state index is 11.1. The molecular weight excluding hydrogens is 218 g/mol. The van der Waals surface area contributed by atoms with Crippen LogP contribution in [0.3, 0.4) is 0 Å². The predicted octanol–water partition coefficient (Wildman–Crippen LogP) is 2.99. The Labute approximate surface area is 102 Å². The lowest BCUT2D eigenvalue weighted by molar-refractivity contribution is 0.0698. The highest BCUT2D eigenvalue weighted by Gasteiger charge is 2.13. The highest BCUT2D eigenvalue weighted by Crippen LogP contribution is 2.24. The van der Waals surface area contributed by atoms with Gasteiger partial charge in [-0.2, -0.15) is 0 Å². The minimum Gasteiger partial charge on any atom is -0.497 e. The van der Waals surface area contributed by atoms with E-state index in [1.807, 2.05) is 0 Å². The van der Waals surface area contributed by atoms with E-state index in [-0.39, 0.29) is 11.6 Å². The second-order valence-corrected chi connectivity index (χ2v) is 3.87. The molecule has 0 aliphatic carbocycles. The molecule has 0 saturated heterocycles. The SMILES string of the molecule is CCC(CC)Nc1cc(OC)ccc1C(=O)O. The Bertz CT molecular complexity index is 386. The highest BCUT2D eigenvalue weighted by molar-refractivity contribution is 5.94. The summed E-state index contributed by atoms with van der Waals surface area (Å²) in [7, 11) is 1.57. The molecule has 0 aliphatic rings. The van der Waals surface area contributed by atoms with Crippen molar-refractivity contribution in [2.24, 2.45) is 0 Å². The number of benzene rings is 1. The summed E-state index contributed by atoms with van der Waals surface area (Å²) in [6.45, 7) is 4.14. The normalized spacial score (nSPS) is 10.4. The summed E-state index contributed by atoms with van der Waals surface area (Å²) in [4.78, 5) is 11.1. The van der Waals surface area contributed by atoms with Crippen LogP contribution in [0.5, 0.6) is 5.75 Å². The summed E-state index contributed by atoms with van der Waals surface area (Å²) in [5.74, 6) is -0.274. The summed E-state index contributed by atoms with van der Waals surface area (Å²) in [5.41, 5.74) is 0.892. The molecule has 0 atom stereocenters. The van der Waals surface area contributed by atoms with E-state index in [0.717, 1.165) is 12.8 Å². The van der Waals surface area contributed by atoms with Crippen LogP contribution in [-0.4, -0.2) is 24.2 Å². The summed E-state index contributed by atoms with van der Waals surface area (Å²) in [6, 6.07) is 5.22. The number of nitrogens with one attached hydrogen (secondary N) is 1. The van der Waals surface area contributed by atoms with Crippen molar-refractivity contribution in [1.29, 1.82) is 0 Å². The Balaban J connectivity index is 3.04. The van der Waals surface area contributed by atoms with Gasteiger partial charge in [0.25, 0.3) is 0 Å². The van der Waals surface area contributed by atoms with Crippen molar-refractivity contribution in [3.63, 3.8) is 0 Å². The van der Waals surface area contributed by atoms with Gasteiger partial charge < -0.3 is 15.2 Å². The smallest absolute Gasteiger partial charge is 0.337 e. The molecule has 94 valence electrons. The van der Waals surface area contributed by atoms with Crippen LogP contribution in [0.2, 0.25) is 0 Å². The van der Waals surface area contributed by atoms with Gasteiger partial charge in [0, 0.05) is 12.1 Å². The number of hydrogen-bond acceptors (Lipinski definition) is 3. The molecule has 0 radical (unpaired) electrons. The van der Waals surface area contributed by atoms with Crippen molar-refractivity contribution in [3.8, 4) is 5.75 Å². The average molecular weight is 237 g/mol. The van der Waals surface area contributed by atoms with Crippen LogP contribution >= 0.6 is 0 Å². The Hall–Kier alpha value is -1.71. The molecule has 0 amide bonds. The first kappa shape index (κ1) is 13.4. The first-order valence-electron chi connectivity index (χ1n) is 5.80. The summed E-state index contributed by atoms with van der Waals surface area (Å²) in [5, 5.41) is 12.3. The van der Waals surface area contributed by atoms with E-state index in [4.69, 9.17) is 9.84 Å². The molecule has 0 bridgehead atoms. The molecule has 0 saturated carbocycles. The van der Waals surface area contributed by atoms with Crippen molar-refractivity contribution in [3.05, 3.63) is 23.8 Å². The van der Waals surface area contributed by atoms with Gasteiger partial charge in [-0.25, -0.2) is 4.79 Å². The second kappa shape index (κ2) is 6.13. The van der Waals surface area contributed by atoms with Gasteiger partial charge in [-0.05, 0) is 25.0 Å². The predicted molar refractivity (Wildman–Crippen MR) is 67.9 cm³/mol. The van der Waals surface area contributed by atoms with E-state index in [2.05, 4.69) is 19.2 Å². The van der Waals surface area contributed by atoms with Crippen LogP contribution in [0.25, 0.3) is 0 Å². The maximum absolute atomic E-state index is 11.1. The molecule has 2 N–H and O–H groups in total. The second-order valence-electron chi connectivity index (χ2n) is 3.87. The first-order valence-corrected chi connectivity index (χ1v) is 5.80. The standard InChI is InChI=1S/C13H19NO3/c1-4-9(5-2)14-12-8-10(17-3)6-7-11(12)13(15)16/h6-9,14H,4-5H2,1-3H3,(H,15,16). The molecule has 4 nitrogen and oxygen atoms in total. The third-order valence-corrected chi connectivity index (χ3v) is 2.80. The number of anilines is 1. The van der Waals surface area contributed by atoms with E-state index in [1.54, 1.807) is 25.3 Å². The van der Waals surface area contributed by atoms with Crippen LogP contribution in [0.15, 0.2) is 18.2 Å². The van der Waals surface area contributed by atoms with Gasteiger partial charge >= 0.3 is 5.97 Å². The zero-order valence-electron chi connectivity index (χ0n) is 10.5. The Kier molecular flexibility index (Phi) is 4.82. The van der Waals surface area contributed by atoms with Crippen molar-refractivity contribution in [1.82, 2.24) is 0 Å². The van der Waals surface area contributed by atoms with Crippen LogP contribution in [0.1, 0.15) is 37.0 Å². The quantitative estimate of drug-likeness (QED) is 0.798.